The number of hydrogen-bond acceptors (Lipinski definition) is 6. The Morgan fingerprint density at radius 2 is 1.93 bits per heavy atom. The van der Waals surface area contributed by atoms with Crippen LogP contribution in [0, 0.1) is 0 Å². The molecule has 0 amide bonds. The van der Waals surface area contributed by atoms with Crippen molar-refractivity contribution in [2.75, 3.05) is 12.1 Å². The molecule has 1 aromatic heterocycles. The molecule has 0 spiro atoms. The van der Waals surface area contributed by atoms with Crippen molar-refractivity contribution in [2.24, 2.45) is 0 Å². The number of nitrogens with zero attached hydrogens (tertiary/aromatic N) is 1. The Morgan fingerprint density at radius 3 is 2.63 bits per heavy atom. The Kier molecular flexibility index (Phi) is 5.86. The zero-order valence-electron chi connectivity index (χ0n) is 15.7. The molecule has 1 aromatic carbocycles. The third-order valence-corrected chi connectivity index (χ3v) is 5.96. The van der Waals surface area contributed by atoms with E-state index in [9.17, 15) is 8.42 Å². The van der Waals surface area contributed by atoms with Crippen LogP contribution in [0.15, 0.2) is 41.4 Å². The number of rotatable bonds is 8. The predicted octanol–water partition coefficient (Wildman–Crippen LogP) is 3.45. The summed E-state index contributed by atoms with van der Waals surface area (Å²) in [5, 5.41) is 3.27. The molecule has 0 fully saturated rings. The van der Waals surface area contributed by atoms with Crippen molar-refractivity contribution in [3.63, 3.8) is 0 Å². The molecule has 0 radical (unpaired) electrons. The first-order valence-corrected chi connectivity index (χ1v) is 10.5. The maximum atomic E-state index is 12.4. The first-order chi connectivity index (χ1) is 12.9. The molecule has 146 valence electrons. The van der Waals surface area contributed by atoms with Gasteiger partial charge < -0.3 is 14.8 Å². The normalized spacial score (nSPS) is 15.4. The Balaban J connectivity index is 1.66. The van der Waals surface area contributed by atoms with Gasteiger partial charge in [0.1, 0.15) is 10.7 Å². The monoisotopic (exact) mass is 391 g/mol. The molecular weight excluding hydrogens is 366 g/mol. The average Bonchev–Trinajstić information content (AvgIpc) is 3.09. The van der Waals surface area contributed by atoms with Crippen molar-refractivity contribution < 1.29 is 17.9 Å². The van der Waals surface area contributed by atoms with Gasteiger partial charge in [-0.3, -0.25) is 0 Å². The lowest BCUT2D eigenvalue weighted by atomic mass is 10.1. The molecule has 0 bridgehead atoms. The van der Waals surface area contributed by atoms with Crippen LogP contribution in [0.1, 0.15) is 45.2 Å². The van der Waals surface area contributed by atoms with E-state index in [-0.39, 0.29) is 23.8 Å². The molecule has 0 saturated carbocycles. The third-order valence-electron chi connectivity index (χ3n) is 4.39. The van der Waals surface area contributed by atoms with Crippen molar-refractivity contribution >= 4 is 15.8 Å². The van der Waals surface area contributed by atoms with Crippen molar-refractivity contribution in [1.82, 2.24) is 9.71 Å². The van der Waals surface area contributed by atoms with Crippen LogP contribution in [0.4, 0.5) is 5.82 Å². The maximum Gasteiger partial charge on any atom is 0.242 e. The molecular formula is C19H25N3O4S. The van der Waals surface area contributed by atoms with E-state index in [1.165, 1.54) is 6.20 Å². The number of anilines is 1. The minimum absolute atomic E-state index is 0.0304. The molecule has 3 rings (SSSR count). The number of sulfonamides is 1. The molecule has 7 nitrogen and oxygen atoms in total. The van der Waals surface area contributed by atoms with E-state index in [1.54, 1.807) is 12.1 Å². The number of benzene rings is 1. The minimum Gasteiger partial charge on any atom is -0.454 e. The highest BCUT2D eigenvalue weighted by atomic mass is 32.2. The van der Waals surface area contributed by atoms with Gasteiger partial charge in [-0.2, -0.15) is 0 Å². The van der Waals surface area contributed by atoms with E-state index in [2.05, 4.69) is 15.0 Å². The van der Waals surface area contributed by atoms with E-state index in [0.29, 0.717) is 5.82 Å². The molecule has 0 aliphatic carbocycles. The van der Waals surface area contributed by atoms with Crippen molar-refractivity contribution in [2.45, 2.75) is 50.6 Å². The zero-order chi connectivity index (χ0) is 19.4. The van der Waals surface area contributed by atoms with Gasteiger partial charge in [-0.05, 0) is 50.1 Å². The van der Waals surface area contributed by atoms with Gasteiger partial charge in [0.25, 0.3) is 0 Å². The summed E-state index contributed by atoms with van der Waals surface area (Å²) in [4.78, 5) is 4.41. The molecule has 8 heteroatoms. The molecule has 1 aliphatic heterocycles. The van der Waals surface area contributed by atoms with Crippen LogP contribution >= 0.6 is 0 Å². The number of ether oxygens (including phenoxy) is 2. The summed E-state index contributed by atoms with van der Waals surface area (Å²) in [5.41, 5.74) is 1.02. The van der Waals surface area contributed by atoms with Crippen LogP contribution in [0.25, 0.3) is 0 Å². The Hall–Kier alpha value is -2.32. The SMILES string of the molecule is CCCC(C)NS(=O)(=O)c1ccc(NC(C)c2ccc3c(c2)OCO3)nc1. The molecule has 2 heterocycles. The summed E-state index contributed by atoms with van der Waals surface area (Å²) in [6, 6.07) is 8.86. The number of pyridine rings is 1. The van der Waals surface area contributed by atoms with Crippen LogP contribution in [-0.2, 0) is 10.0 Å². The van der Waals surface area contributed by atoms with Crippen molar-refractivity contribution in [3.05, 3.63) is 42.1 Å². The lowest BCUT2D eigenvalue weighted by Crippen LogP contribution is -2.32. The number of aromatic nitrogens is 1. The lowest BCUT2D eigenvalue weighted by molar-refractivity contribution is 0.174. The highest BCUT2D eigenvalue weighted by Crippen LogP contribution is 2.34. The maximum absolute atomic E-state index is 12.4. The fraction of sp³-hybridized carbons (Fsp3) is 0.421. The summed E-state index contributed by atoms with van der Waals surface area (Å²) in [6.45, 7) is 6.12. The smallest absolute Gasteiger partial charge is 0.242 e. The number of nitrogens with one attached hydrogen (secondary N) is 2. The Labute approximate surface area is 160 Å². The van der Waals surface area contributed by atoms with Gasteiger partial charge in [0.15, 0.2) is 11.5 Å². The van der Waals surface area contributed by atoms with E-state index in [0.717, 1.165) is 29.9 Å². The van der Waals surface area contributed by atoms with Crippen LogP contribution in [0.2, 0.25) is 0 Å². The molecule has 2 N–H and O–H groups in total. The highest BCUT2D eigenvalue weighted by molar-refractivity contribution is 7.89. The standard InChI is InChI=1S/C19H25N3O4S/c1-4-5-13(2)22-27(23,24)16-7-9-19(20-11-16)21-14(3)15-6-8-17-18(10-15)26-12-25-17/h6-11,13-14,22H,4-5,12H2,1-3H3,(H,20,21). The Bertz CT molecular complexity index is 884. The molecule has 0 saturated heterocycles. The van der Waals surface area contributed by atoms with Gasteiger partial charge in [0, 0.05) is 12.2 Å². The van der Waals surface area contributed by atoms with Crippen LogP contribution < -0.4 is 19.5 Å². The van der Waals surface area contributed by atoms with Gasteiger partial charge in [-0.1, -0.05) is 19.4 Å². The lowest BCUT2D eigenvalue weighted by Gasteiger charge is -2.16. The number of fused-ring (bicyclic) bond motifs is 1. The van der Waals surface area contributed by atoms with Gasteiger partial charge in [0.2, 0.25) is 16.8 Å². The van der Waals surface area contributed by atoms with E-state index >= 15 is 0 Å². The van der Waals surface area contributed by atoms with Crippen molar-refractivity contribution in [3.8, 4) is 11.5 Å². The Morgan fingerprint density at radius 1 is 1.15 bits per heavy atom. The summed E-state index contributed by atoms with van der Waals surface area (Å²) in [6.07, 6.45) is 3.08. The minimum atomic E-state index is -3.56. The second-order valence-corrected chi connectivity index (χ2v) is 8.38. The molecule has 27 heavy (non-hydrogen) atoms. The van der Waals surface area contributed by atoms with Gasteiger partial charge in [0.05, 0.1) is 6.04 Å². The van der Waals surface area contributed by atoms with Crippen LogP contribution in [0.5, 0.6) is 11.5 Å². The van der Waals surface area contributed by atoms with Gasteiger partial charge >= 0.3 is 0 Å². The highest BCUT2D eigenvalue weighted by Gasteiger charge is 2.18. The largest absolute Gasteiger partial charge is 0.454 e. The van der Waals surface area contributed by atoms with Crippen molar-refractivity contribution in [1.29, 1.82) is 0 Å². The average molecular weight is 391 g/mol. The summed E-state index contributed by atoms with van der Waals surface area (Å²) < 4.78 is 38.2. The second-order valence-electron chi connectivity index (χ2n) is 6.67. The van der Waals surface area contributed by atoms with Crippen LogP contribution in [-0.4, -0.2) is 26.2 Å². The van der Waals surface area contributed by atoms with Gasteiger partial charge in [-0.15, -0.1) is 0 Å². The summed E-state index contributed by atoms with van der Waals surface area (Å²) in [7, 11) is -3.56. The quantitative estimate of drug-likeness (QED) is 0.716. The second kappa shape index (κ2) is 8.14. The molecule has 1 aliphatic rings. The zero-order valence-corrected chi connectivity index (χ0v) is 16.5. The first kappa shape index (κ1) is 19.4. The topological polar surface area (TPSA) is 89.6 Å². The van der Waals surface area contributed by atoms with E-state index in [4.69, 9.17) is 9.47 Å². The predicted molar refractivity (Wildman–Crippen MR) is 104 cm³/mol. The molecule has 2 atom stereocenters. The van der Waals surface area contributed by atoms with Crippen LogP contribution in [0.3, 0.4) is 0 Å². The first-order valence-electron chi connectivity index (χ1n) is 9.03. The molecule has 2 unspecified atom stereocenters. The van der Waals surface area contributed by atoms with E-state index in [1.807, 2.05) is 39.0 Å². The third kappa shape index (κ3) is 4.70. The number of hydrogen-bond donors (Lipinski definition) is 2. The summed E-state index contributed by atoms with van der Waals surface area (Å²) in [5.74, 6) is 2.06. The fourth-order valence-corrected chi connectivity index (χ4v) is 4.16. The van der Waals surface area contributed by atoms with Gasteiger partial charge in [-0.25, -0.2) is 18.1 Å². The fourth-order valence-electron chi connectivity index (χ4n) is 2.94. The molecule has 2 aromatic rings. The van der Waals surface area contributed by atoms with E-state index < -0.39 is 10.0 Å². The summed E-state index contributed by atoms with van der Waals surface area (Å²) >= 11 is 0.